The fourth-order valence-electron chi connectivity index (χ4n) is 3.00. The number of cyclic esters (lactones) is 1. The molecule has 1 aliphatic rings. The minimum atomic E-state index is -0.370. The molecule has 1 heterocycles. The first-order chi connectivity index (χ1) is 11.4. The Morgan fingerprint density at radius 1 is 0.833 bits per heavy atom. The van der Waals surface area contributed by atoms with E-state index in [0.717, 1.165) is 11.1 Å². The second kappa shape index (κ2) is 6.31. The van der Waals surface area contributed by atoms with Gasteiger partial charge in [0.05, 0.1) is 12.5 Å². The molecule has 0 radical (unpaired) electrons. The van der Waals surface area contributed by atoms with E-state index in [9.17, 15) is 25.2 Å². The molecule has 0 spiro atoms. The van der Waals surface area contributed by atoms with E-state index in [-0.39, 0.29) is 47.4 Å². The molecule has 24 heavy (non-hydrogen) atoms. The molecule has 1 fully saturated rings. The Kier molecular flexibility index (Phi) is 4.20. The van der Waals surface area contributed by atoms with Gasteiger partial charge in [-0.1, -0.05) is 12.1 Å². The molecule has 2 unspecified atom stereocenters. The van der Waals surface area contributed by atoms with Crippen LogP contribution in [0, 0.1) is 11.8 Å². The molecule has 2 aromatic carbocycles. The molecule has 0 aromatic heterocycles. The van der Waals surface area contributed by atoms with Gasteiger partial charge in [-0.15, -0.1) is 0 Å². The van der Waals surface area contributed by atoms with Crippen molar-refractivity contribution in [1.82, 2.24) is 0 Å². The third kappa shape index (κ3) is 3.22. The Labute approximate surface area is 138 Å². The van der Waals surface area contributed by atoms with E-state index in [1.54, 1.807) is 12.1 Å². The van der Waals surface area contributed by atoms with Crippen molar-refractivity contribution in [2.75, 3.05) is 6.61 Å². The van der Waals surface area contributed by atoms with Crippen molar-refractivity contribution in [3.05, 3.63) is 47.5 Å². The number of rotatable bonds is 4. The topological polar surface area (TPSA) is 107 Å². The second-order valence-corrected chi connectivity index (χ2v) is 6.05. The number of phenols is 4. The fourth-order valence-corrected chi connectivity index (χ4v) is 3.00. The van der Waals surface area contributed by atoms with Crippen molar-refractivity contribution in [2.45, 2.75) is 12.8 Å². The van der Waals surface area contributed by atoms with Crippen molar-refractivity contribution in [3.8, 4) is 23.0 Å². The Morgan fingerprint density at radius 3 is 1.92 bits per heavy atom. The summed E-state index contributed by atoms with van der Waals surface area (Å²) in [6, 6.07) is 9.06. The van der Waals surface area contributed by atoms with Crippen molar-refractivity contribution >= 4 is 5.97 Å². The van der Waals surface area contributed by atoms with E-state index < -0.39 is 0 Å². The van der Waals surface area contributed by atoms with Crippen LogP contribution in [0.4, 0.5) is 0 Å². The molecule has 6 heteroatoms. The standard InChI is InChI=1S/C18H18O6/c19-14-3-1-10(7-16(14)21)5-12-9-24-18(23)13(12)6-11-2-4-15(20)17(22)8-11/h1-4,7-8,12-13,19-22H,5-6,9H2. The minimum Gasteiger partial charge on any atom is -0.504 e. The van der Waals surface area contributed by atoms with Crippen LogP contribution in [0.15, 0.2) is 36.4 Å². The summed E-state index contributed by atoms with van der Waals surface area (Å²) >= 11 is 0. The number of hydrogen-bond donors (Lipinski definition) is 4. The van der Waals surface area contributed by atoms with E-state index in [1.807, 2.05) is 0 Å². The third-order valence-corrected chi connectivity index (χ3v) is 4.34. The molecular formula is C18H18O6. The summed E-state index contributed by atoms with van der Waals surface area (Å²) < 4.78 is 5.17. The molecule has 126 valence electrons. The summed E-state index contributed by atoms with van der Waals surface area (Å²) in [7, 11) is 0. The van der Waals surface area contributed by atoms with Gasteiger partial charge < -0.3 is 25.2 Å². The number of phenolic OH excluding ortho intramolecular Hbond substituents is 4. The monoisotopic (exact) mass is 330 g/mol. The Morgan fingerprint density at radius 2 is 1.38 bits per heavy atom. The second-order valence-electron chi connectivity index (χ2n) is 6.05. The summed E-state index contributed by atoms with van der Waals surface area (Å²) in [5.41, 5.74) is 1.53. The molecule has 0 saturated carbocycles. The first-order valence-electron chi connectivity index (χ1n) is 7.62. The van der Waals surface area contributed by atoms with Gasteiger partial charge in [0.15, 0.2) is 23.0 Å². The minimum absolute atomic E-state index is 0.0719. The van der Waals surface area contributed by atoms with Gasteiger partial charge in [0, 0.05) is 5.92 Å². The Balaban J connectivity index is 1.76. The molecule has 6 nitrogen and oxygen atoms in total. The van der Waals surface area contributed by atoms with Gasteiger partial charge >= 0.3 is 5.97 Å². The molecule has 4 N–H and O–H groups in total. The molecular weight excluding hydrogens is 312 g/mol. The lowest BCUT2D eigenvalue weighted by atomic mass is 9.85. The van der Waals surface area contributed by atoms with E-state index in [4.69, 9.17) is 4.74 Å². The fraction of sp³-hybridized carbons (Fsp3) is 0.278. The zero-order chi connectivity index (χ0) is 17.3. The molecule has 1 saturated heterocycles. The van der Waals surface area contributed by atoms with Crippen molar-refractivity contribution < 1.29 is 30.0 Å². The van der Waals surface area contributed by atoms with Crippen LogP contribution < -0.4 is 0 Å². The third-order valence-electron chi connectivity index (χ3n) is 4.34. The van der Waals surface area contributed by atoms with E-state index in [0.29, 0.717) is 12.8 Å². The first-order valence-corrected chi connectivity index (χ1v) is 7.62. The molecule has 0 bridgehead atoms. The predicted octanol–water partition coefficient (Wildman–Crippen LogP) is 2.08. The predicted molar refractivity (Wildman–Crippen MR) is 84.9 cm³/mol. The lowest BCUT2D eigenvalue weighted by molar-refractivity contribution is -0.141. The summed E-state index contributed by atoms with van der Waals surface area (Å²) in [6.45, 7) is 0.287. The van der Waals surface area contributed by atoms with E-state index in [1.165, 1.54) is 24.3 Å². The van der Waals surface area contributed by atoms with Gasteiger partial charge in [-0.05, 0) is 48.2 Å². The number of ether oxygens (including phenoxy) is 1. The van der Waals surface area contributed by atoms with Crippen LogP contribution in [0.5, 0.6) is 23.0 Å². The number of hydrogen-bond acceptors (Lipinski definition) is 6. The van der Waals surface area contributed by atoms with Crippen molar-refractivity contribution in [2.24, 2.45) is 11.8 Å². The highest BCUT2D eigenvalue weighted by atomic mass is 16.5. The summed E-state index contributed by atoms with van der Waals surface area (Å²) in [6.07, 6.45) is 0.912. The molecule has 0 amide bonds. The number of carbonyl (C=O) groups excluding carboxylic acids is 1. The van der Waals surface area contributed by atoms with Crippen molar-refractivity contribution in [1.29, 1.82) is 0 Å². The largest absolute Gasteiger partial charge is 0.504 e. The summed E-state index contributed by atoms with van der Waals surface area (Å²) in [5.74, 6) is -1.55. The van der Waals surface area contributed by atoms with Gasteiger partial charge in [-0.2, -0.15) is 0 Å². The molecule has 0 aliphatic carbocycles. The van der Waals surface area contributed by atoms with Gasteiger partial charge in [-0.3, -0.25) is 4.79 Å². The maximum absolute atomic E-state index is 12.0. The van der Waals surface area contributed by atoms with Crippen LogP contribution in [0.2, 0.25) is 0 Å². The van der Waals surface area contributed by atoms with Crippen LogP contribution in [0.25, 0.3) is 0 Å². The van der Waals surface area contributed by atoms with Gasteiger partial charge in [0.1, 0.15) is 0 Å². The molecule has 3 rings (SSSR count). The lowest BCUT2D eigenvalue weighted by Crippen LogP contribution is -2.20. The molecule has 2 aromatic rings. The van der Waals surface area contributed by atoms with Gasteiger partial charge in [0.2, 0.25) is 0 Å². The smallest absolute Gasteiger partial charge is 0.309 e. The maximum Gasteiger partial charge on any atom is 0.309 e. The van der Waals surface area contributed by atoms with Crippen LogP contribution in [0.3, 0.4) is 0 Å². The van der Waals surface area contributed by atoms with Crippen LogP contribution >= 0.6 is 0 Å². The highest BCUT2D eigenvalue weighted by Gasteiger charge is 2.36. The van der Waals surface area contributed by atoms with Crippen molar-refractivity contribution in [3.63, 3.8) is 0 Å². The van der Waals surface area contributed by atoms with Crippen LogP contribution in [0.1, 0.15) is 11.1 Å². The quantitative estimate of drug-likeness (QED) is 0.505. The highest BCUT2D eigenvalue weighted by molar-refractivity contribution is 5.75. The Bertz CT molecular complexity index is 770. The normalized spacial score (nSPS) is 20.1. The number of carbonyl (C=O) groups is 1. The van der Waals surface area contributed by atoms with E-state index in [2.05, 4.69) is 0 Å². The zero-order valence-electron chi connectivity index (χ0n) is 12.8. The van der Waals surface area contributed by atoms with Gasteiger partial charge in [0.25, 0.3) is 0 Å². The number of aromatic hydroxyl groups is 4. The van der Waals surface area contributed by atoms with Gasteiger partial charge in [-0.25, -0.2) is 0 Å². The highest BCUT2D eigenvalue weighted by Crippen LogP contribution is 2.33. The zero-order valence-corrected chi connectivity index (χ0v) is 12.8. The maximum atomic E-state index is 12.0. The number of benzene rings is 2. The Hall–Kier alpha value is -2.89. The molecule has 2 atom stereocenters. The molecule has 1 aliphatic heterocycles. The van der Waals surface area contributed by atoms with Crippen LogP contribution in [-0.4, -0.2) is 33.0 Å². The SMILES string of the molecule is O=C1OCC(Cc2ccc(O)c(O)c2)C1Cc1ccc(O)c(O)c1. The average molecular weight is 330 g/mol. The summed E-state index contributed by atoms with van der Waals surface area (Å²) in [5, 5.41) is 37.9. The number of esters is 1. The lowest BCUT2D eigenvalue weighted by Gasteiger charge is -2.16. The average Bonchev–Trinajstić information content (AvgIpc) is 2.87. The van der Waals surface area contributed by atoms with Crippen LogP contribution in [-0.2, 0) is 22.4 Å². The summed E-state index contributed by atoms with van der Waals surface area (Å²) in [4.78, 5) is 12.0. The van der Waals surface area contributed by atoms with E-state index >= 15 is 0 Å². The first kappa shape index (κ1) is 16.0.